The number of aromatic nitrogens is 2. The molecule has 1 aromatic carbocycles. The molecule has 0 aliphatic carbocycles. The molecule has 5 heteroatoms. The minimum absolute atomic E-state index is 0.323. The van der Waals surface area contributed by atoms with Gasteiger partial charge >= 0.3 is 0 Å². The van der Waals surface area contributed by atoms with Crippen molar-refractivity contribution < 1.29 is 8.78 Å². The van der Waals surface area contributed by atoms with E-state index in [1.807, 2.05) is 0 Å². The van der Waals surface area contributed by atoms with E-state index in [4.69, 9.17) is 11.6 Å². The number of halogens is 3. The van der Waals surface area contributed by atoms with E-state index in [0.717, 1.165) is 12.1 Å². The summed E-state index contributed by atoms with van der Waals surface area (Å²) in [6.07, 6.45) is 1.47. The SMILES string of the molecule is C=C(Cl)Cn1cnc2cc(F)c(F)cc21. The standard InChI is InChI=1S/C10H7ClF2N2/c1-6(11)4-15-5-14-9-2-7(12)8(13)3-10(9)15/h2-3,5H,1,4H2. The quantitative estimate of drug-likeness (QED) is 0.773. The molecule has 0 unspecified atom stereocenters. The number of allylic oxidation sites excluding steroid dienone is 1. The fourth-order valence-electron chi connectivity index (χ4n) is 1.36. The van der Waals surface area contributed by atoms with Gasteiger partial charge in [-0.2, -0.15) is 0 Å². The van der Waals surface area contributed by atoms with Crippen LogP contribution in [0, 0.1) is 11.6 Å². The fraction of sp³-hybridized carbons (Fsp3) is 0.100. The van der Waals surface area contributed by atoms with Gasteiger partial charge in [-0.05, 0) is 0 Å². The predicted octanol–water partition coefficient (Wildman–Crippen LogP) is 3.07. The first-order chi connectivity index (χ1) is 7.08. The Bertz CT molecular complexity index is 533. The largest absolute Gasteiger partial charge is 0.325 e. The Hall–Kier alpha value is -1.42. The first kappa shape index (κ1) is 10.1. The van der Waals surface area contributed by atoms with Crippen LogP contribution in [0.5, 0.6) is 0 Å². The minimum atomic E-state index is -0.905. The number of nitrogens with zero attached hydrogens (tertiary/aromatic N) is 2. The molecule has 0 bridgehead atoms. The van der Waals surface area contributed by atoms with Crippen LogP contribution in [0.2, 0.25) is 0 Å². The van der Waals surface area contributed by atoms with E-state index in [9.17, 15) is 8.78 Å². The number of hydrogen-bond donors (Lipinski definition) is 0. The van der Waals surface area contributed by atoms with Crippen molar-refractivity contribution in [3.63, 3.8) is 0 Å². The van der Waals surface area contributed by atoms with Crippen LogP contribution in [-0.4, -0.2) is 9.55 Å². The summed E-state index contributed by atoms with van der Waals surface area (Å²) in [7, 11) is 0. The fourth-order valence-corrected chi connectivity index (χ4v) is 1.49. The number of benzene rings is 1. The lowest BCUT2D eigenvalue weighted by Gasteiger charge is -2.01. The summed E-state index contributed by atoms with van der Waals surface area (Å²) in [5.41, 5.74) is 0.891. The van der Waals surface area contributed by atoms with Crippen LogP contribution in [0.4, 0.5) is 8.78 Å². The molecule has 1 heterocycles. The Morgan fingerprint density at radius 3 is 2.73 bits per heavy atom. The van der Waals surface area contributed by atoms with Crippen molar-refractivity contribution in [2.24, 2.45) is 0 Å². The van der Waals surface area contributed by atoms with Crippen molar-refractivity contribution in [1.29, 1.82) is 0 Å². The highest BCUT2D eigenvalue weighted by Crippen LogP contribution is 2.18. The molecule has 0 saturated heterocycles. The van der Waals surface area contributed by atoms with Crippen LogP contribution in [0.1, 0.15) is 0 Å². The Kier molecular flexibility index (Phi) is 2.44. The second kappa shape index (κ2) is 3.62. The van der Waals surface area contributed by atoms with Gasteiger partial charge < -0.3 is 4.57 Å². The topological polar surface area (TPSA) is 17.8 Å². The third kappa shape index (κ3) is 1.85. The van der Waals surface area contributed by atoms with E-state index in [-0.39, 0.29) is 0 Å². The molecule has 0 spiro atoms. The summed E-state index contributed by atoms with van der Waals surface area (Å²) in [5.74, 6) is -1.80. The van der Waals surface area contributed by atoms with Gasteiger partial charge in [0.2, 0.25) is 0 Å². The highest BCUT2D eigenvalue weighted by Gasteiger charge is 2.08. The normalized spacial score (nSPS) is 10.9. The number of rotatable bonds is 2. The van der Waals surface area contributed by atoms with Crippen molar-refractivity contribution in [3.05, 3.63) is 41.7 Å². The molecule has 2 rings (SSSR count). The smallest absolute Gasteiger partial charge is 0.161 e. The van der Waals surface area contributed by atoms with Gasteiger partial charge in [0, 0.05) is 17.2 Å². The van der Waals surface area contributed by atoms with Gasteiger partial charge in [-0.15, -0.1) is 0 Å². The minimum Gasteiger partial charge on any atom is -0.325 e. The lowest BCUT2D eigenvalue weighted by molar-refractivity contribution is 0.510. The molecule has 0 amide bonds. The monoisotopic (exact) mass is 228 g/mol. The van der Waals surface area contributed by atoms with E-state index < -0.39 is 11.6 Å². The van der Waals surface area contributed by atoms with Gasteiger partial charge in [0.1, 0.15) is 0 Å². The Balaban J connectivity index is 2.59. The Morgan fingerprint density at radius 2 is 2.07 bits per heavy atom. The Labute approximate surface area is 89.8 Å². The van der Waals surface area contributed by atoms with E-state index >= 15 is 0 Å². The summed E-state index contributed by atoms with van der Waals surface area (Å²) >= 11 is 5.63. The molecule has 2 aromatic rings. The average molecular weight is 229 g/mol. The van der Waals surface area contributed by atoms with Crippen LogP contribution >= 0.6 is 11.6 Å². The molecular weight excluding hydrogens is 222 g/mol. The van der Waals surface area contributed by atoms with Gasteiger partial charge in [-0.3, -0.25) is 0 Å². The van der Waals surface area contributed by atoms with Crippen molar-refractivity contribution in [3.8, 4) is 0 Å². The molecule has 0 aliphatic heterocycles. The molecule has 0 atom stereocenters. The zero-order chi connectivity index (χ0) is 11.0. The number of imidazole rings is 1. The maximum Gasteiger partial charge on any atom is 0.161 e. The highest BCUT2D eigenvalue weighted by atomic mass is 35.5. The van der Waals surface area contributed by atoms with Crippen molar-refractivity contribution in [2.75, 3.05) is 0 Å². The zero-order valence-corrected chi connectivity index (χ0v) is 8.43. The maximum atomic E-state index is 13.0. The third-order valence-corrected chi connectivity index (χ3v) is 2.12. The van der Waals surface area contributed by atoms with Gasteiger partial charge in [0.25, 0.3) is 0 Å². The van der Waals surface area contributed by atoms with Crippen LogP contribution in [-0.2, 0) is 6.54 Å². The van der Waals surface area contributed by atoms with Crippen LogP contribution in [0.15, 0.2) is 30.1 Å². The summed E-state index contributed by atoms with van der Waals surface area (Å²) in [6, 6.07) is 2.15. The zero-order valence-electron chi connectivity index (χ0n) is 7.67. The molecule has 2 nitrogen and oxygen atoms in total. The average Bonchev–Trinajstić information content (AvgIpc) is 2.49. The second-order valence-corrected chi connectivity index (χ2v) is 3.68. The van der Waals surface area contributed by atoms with Crippen molar-refractivity contribution >= 4 is 22.6 Å². The predicted molar refractivity (Wildman–Crippen MR) is 54.6 cm³/mol. The second-order valence-electron chi connectivity index (χ2n) is 3.14. The Morgan fingerprint density at radius 1 is 1.40 bits per heavy atom. The van der Waals surface area contributed by atoms with Crippen LogP contribution in [0.3, 0.4) is 0 Å². The molecular formula is C10H7ClF2N2. The van der Waals surface area contributed by atoms with Gasteiger partial charge in [-0.25, -0.2) is 13.8 Å². The molecule has 0 N–H and O–H groups in total. The van der Waals surface area contributed by atoms with E-state index in [1.165, 1.54) is 6.33 Å². The molecule has 15 heavy (non-hydrogen) atoms. The summed E-state index contributed by atoms with van der Waals surface area (Å²) in [4.78, 5) is 3.93. The molecule has 78 valence electrons. The molecule has 0 aliphatic rings. The lowest BCUT2D eigenvalue weighted by Crippen LogP contribution is -1.96. The maximum absolute atomic E-state index is 13.0. The van der Waals surface area contributed by atoms with Gasteiger partial charge in [0.05, 0.1) is 23.9 Å². The molecule has 0 saturated carbocycles. The number of fused-ring (bicyclic) bond motifs is 1. The molecule has 1 aromatic heterocycles. The summed E-state index contributed by atoms with van der Waals surface area (Å²) in [5, 5.41) is 0.402. The first-order valence-corrected chi connectivity index (χ1v) is 4.59. The molecule has 0 fully saturated rings. The van der Waals surface area contributed by atoms with Crippen LogP contribution < -0.4 is 0 Å². The van der Waals surface area contributed by atoms with Gasteiger partial charge in [0.15, 0.2) is 11.6 Å². The summed E-state index contributed by atoms with van der Waals surface area (Å²) < 4.78 is 27.4. The van der Waals surface area contributed by atoms with E-state index in [0.29, 0.717) is 22.6 Å². The van der Waals surface area contributed by atoms with Crippen LogP contribution in [0.25, 0.3) is 11.0 Å². The van der Waals surface area contributed by atoms with Crippen molar-refractivity contribution in [1.82, 2.24) is 9.55 Å². The lowest BCUT2D eigenvalue weighted by atomic mass is 10.3. The summed E-state index contributed by atoms with van der Waals surface area (Å²) in [6.45, 7) is 3.85. The number of hydrogen-bond acceptors (Lipinski definition) is 1. The first-order valence-electron chi connectivity index (χ1n) is 4.21. The molecule has 0 radical (unpaired) electrons. The van der Waals surface area contributed by atoms with E-state index in [1.54, 1.807) is 4.57 Å². The highest BCUT2D eigenvalue weighted by molar-refractivity contribution is 6.29. The van der Waals surface area contributed by atoms with Gasteiger partial charge in [-0.1, -0.05) is 18.2 Å². The third-order valence-electron chi connectivity index (χ3n) is 2.01. The van der Waals surface area contributed by atoms with E-state index in [2.05, 4.69) is 11.6 Å². The van der Waals surface area contributed by atoms with Crippen molar-refractivity contribution in [2.45, 2.75) is 6.54 Å².